The summed E-state index contributed by atoms with van der Waals surface area (Å²) in [4.78, 5) is 11.3. The minimum absolute atomic E-state index is 0.416. The zero-order chi connectivity index (χ0) is 18.6. The van der Waals surface area contributed by atoms with E-state index in [1.165, 1.54) is 16.7 Å². The van der Waals surface area contributed by atoms with Crippen molar-refractivity contribution in [1.82, 2.24) is 5.32 Å². The number of nitrogens with one attached hydrogen (secondary N) is 1. The van der Waals surface area contributed by atoms with E-state index in [-0.39, 0.29) is 0 Å². The maximum Gasteiger partial charge on any atom is 0.347 e. The third kappa shape index (κ3) is 4.64. The van der Waals surface area contributed by atoms with Gasteiger partial charge in [-0.25, -0.2) is 4.79 Å². The Bertz CT molecular complexity index is 755. The number of carboxylic acid groups (broad SMARTS) is 1. The quantitative estimate of drug-likeness (QED) is 0.772. The third-order valence-electron chi connectivity index (χ3n) is 4.97. The molecular weight excluding hydrogens is 326 g/mol. The zero-order valence-electron chi connectivity index (χ0n) is 15.5. The van der Waals surface area contributed by atoms with E-state index in [1.807, 2.05) is 18.2 Å². The molecule has 0 amide bonds. The number of rotatable bonds is 6. The van der Waals surface area contributed by atoms with Crippen LogP contribution in [0.1, 0.15) is 43.4 Å². The molecule has 4 heteroatoms. The van der Waals surface area contributed by atoms with Crippen LogP contribution in [0.25, 0.3) is 0 Å². The summed E-state index contributed by atoms with van der Waals surface area (Å²) in [7, 11) is 0. The maximum atomic E-state index is 11.3. The minimum Gasteiger partial charge on any atom is -0.478 e. The number of fused-ring (bicyclic) bond motifs is 1. The number of carbonyl (C=O) groups is 1. The monoisotopic (exact) mass is 353 g/mol. The van der Waals surface area contributed by atoms with Crippen LogP contribution in [-0.2, 0) is 24.2 Å². The molecule has 1 aliphatic rings. The fourth-order valence-electron chi connectivity index (χ4n) is 3.38. The first-order valence-corrected chi connectivity index (χ1v) is 9.25. The van der Waals surface area contributed by atoms with E-state index in [4.69, 9.17) is 4.74 Å². The minimum atomic E-state index is -1.23. The van der Waals surface area contributed by atoms with Crippen LogP contribution in [0.2, 0.25) is 0 Å². The summed E-state index contributed by atoms with van der Waals surface area (Å²) in [6, 6.07) is 16.8. The molecule has 138 valence electrons. The van der Waals surface area contributed by atoms with Gasteiger partial charge in [-0.1, -0.05) is 36.4 Å². The van der Waals surface area contributed by atoms with Gasteiger partial charge in [0.05, 0.1) is 0 Å². The Morgan fingerprint density at radius 3 is 2.69 bits per heavy atom. The van der Waals surface area contributed by atoms with Crippen LogP contribution in [0.3, 0.4) is 0 Å². The van der Waals surface area contributed by atoms with Crippen LogP contribution in [0.4, 0.5) is 0 Å². The molecule has 1 aliphatic carbocycles. The number of aliphatic carboxylic acids is 1. The lowest BCUT2D eigenvalue weighted by Crippen LogP contribution is -2.37. The molecule has 1 unspecified atom stereocenters. The van der Waals surface area contributed by atoms with Gasteiger partial charge in [0.1, 0.15) is 5.75 Å². The van der Waals surface area contributed by atoms with Gasteiger partial charge in [-0.05, 0) is 68.4 Å². The summed E-state index contributed by atoms with van der Waals surface area (Å²) in [6.45, 7) is 4.01. The number of benzene rings is 2. The topological polar surface area (TPSA) is 58.6 Å². The highest BCUT2D eigenvalue weighted by Crippen LogP contribution is 2.27. The first kappa shape index (κ1) is 18.5. The second kappa shape index (κ2) is 7.92. The Morgan fingerprint density at radius 1 is 1.19 bits per heavy atom. The van der Waals surface area contributed by atoms with Crippen molar-refractivity contribution >= 4 is 5.97 Å². The Hall–Kier alpha value is -2.33. The van der Waals surface area contributed by atoms with Crippen LogP contribution >= 0.6 is 0 Å². The standard InChI is InChI=1S/C22H27NO3/c1-22(2,21(24)25)26-20-12-11-17-9-6-10-19(13-18(17)14-20)23-15-16-7-4-3-5-8-16/h3-5,7-8,11-12,14,19,23H,6,9-10,13,15H2,1-2H3,(H,24,25). The highest BCUT2D eigenvalue weighted by Gasteiger charge is 2.29. The van der Waals surface area contributed by atoms with Crippen LogP contribution in [-0.4, -0.2) is 22.7 Å². The molecule has 2 aromatic rings. The van der Waals surface area contributed by atoms with Crippen molar-refractivity contribution in [2.75, 3.05) is 0 Å². The van der Waals surface area contributed by atoms with Crippen LogP contribution < -0.4 is 10.1 Å². The molecule has 0 spiro atoms. The highest BCUT2D eigenvalue weighted by atomic mass is 16.5. The molecule has 2 N–H and O–H groups in total. The first-order valence-electron chi connectivity index (χ1n) is 9.25. The molecular formula is C22H27NO3. The normalized spacial score (nSPS) is 17.2. The van der Waals surface area contributed by atoms with Gasteiger partial charge in [0, 0.05) is 12.6 Å². The first-order chi connectivity index (χ1) is 12.4. The van der Waals surface area contributed by atoms with E-state index in [0.717, 1.165) is 32.2 Å². The Balaban J connectivity index is 1.69. The molecule has 0 saturated carbocycles. The van der Waals surface area contributed by atoms with Crippen LogP contribution in [0.15, 0.2) is 48.5 Å². The number of ether oxygens (including phenoxy) is 1. The lowest BCUT2D eigenvalue weighted by atomic mass is 10.0. The second-order valence-corrected chi connectivity index (χ2v) is 7.51. The molecule has 0 fully saturated rings. The summed E-state index contributed by atoms with van der Waals surface area (Å²) >= 11 is 0. The molecule has 4 nitrogen and oxygen atoms in total. The van der Waals surface area contributed by atoms with Gasteiger partial charge in [0.15, 0.2) is 5.60 Å². The van der Waals surface area contributed by atoms with E-state index in [2.05, 4.69) is 35.6 Å². The van der Waals surface area contributed by atoms with Gasteiger partial charge in [0.2, 0.25) is 0 Å². The van der Waals surface area contributed by atoms with Crippen molar-refractivity contribution in [3.8, 4) is 5.75 Å². The predicted molar refractivity (Wildman–Crippen MR) is 102 cm³/mol. The van der Waals surface area contributed by atoms with Gasteiger partial charge < -0.3 is 15.2 Å². The smallest absolute Gasteiger partial charge is 0.347 e. The second-order valence-electron chi connectivity index (χ2n) is 7.51. The summed E-state index contributed by atoms with van der Waals surface area (Å²) < 4.78 is 5.71. The Morgan fingerprint density at radius 2 is 1.96 bits per heavy atom. The largest absolute Gasteiger partial charge is 0.478 e. The molecule has 0 saturated heterocycles. The highest BCUT2D eigenvalue weighted by molar-refractivity contribution is 5.76. The van der Waals surface area contributed by atoms with Crippen molar-refractivity contribution < 1.29 is 14.6 Å². The molecule has 2 aromatic carbocycles. The van der Waals surface area contributed by atoms with Crippen molar-refractivity contribution in [2.45, 2.75) is 57.7 Å². The maximum absolute atomic E-state index is 11.3. The molecule has 26 heavy (non-hydrogen) atoms. The van der Waals surface area contributed by atoms with Gasteiger partial charge in [-0.2, -0.15) is 0 Å². The number of hydrogen-bond donors (Lipinski definition) is 2. The van der Waals surface area contributed by atoms with E-state index in [0.29, 0.717) is 11.8 Å². The number of hydrogen-bond acceptors (Lipinski definition) is 3. The summed E-state index contributed by atoms with van der Waals surface area (Å²) in [6.07, 6.45) is 4.28. The third-order valence-corrected chi connectivity index (χ3v) is 4.97. The number of carboxylic acids is 1. The molecule has 0 aliphatic heterocycles. The van der Waals surface area contributed by atoms with Gasteiger partial charge >= 0.3 is 5.97 Å². The van der Waals surface area contributed by atoms with Gasteiger partial charge in [0.25, 0.3) is 0 Å². The lowest BCUT2D eigenvalue weighted by Gasteiger charge is -2.23. The molecule has 0 bridgehead atoms. The number of aryl methyl sites for hydroxylation is 1. The molecule has 3 rings (SSSR count). The summed E-state index contributed by atoms with van der Waals surface area (Å²) in [5, 5.41) is 12.9. The molecule has 0 heterocycles. The van der Waals surface area contributed by atoms with Gasteiger partial charge in [-0.3, -0.25) is 0 Å². The predicted octanol–water partition coefficient (Wildman–Crippen LogP) is 3.97. The SMILES string of the molecule is CC(C)(Oc1ccc2c(c1)CC(NCc1ccccc1)CCC2)C(=O)O. The fraction of sp³-hybridized carbons (Fsp3) is 0.409. The Kier molecular flexibility index (Phi) is 5.62. The summed E-state index contributed by atoms with van der Waals surface area (Å²) in [5.41, 5.74) is 2.66. The van der Waals surface area contributed by atoms with E-state index in [9.17, 15) is 9.90 Å². The van der Waals surface area contributed by atoms with Crippen LogP contribution in [0.5, 0.6) is 5.75 Å². The fourth-order valence-corrected chi connectivity index (χ4v) is 3.38. The lowest BCUT2D eigenvalue weighted by molar-refractivity contribution is -0.152. The van der Waals surface area contributed by atoms with Crippen molar-refractivity contribution in [3.05, 3.63) is 65.2 Å². The molecule has 0 radical (unpaired) electrons. The van der Waals surface area contributed by atoms with E-state index < -0.39 is 11.6 Å². The van der Waals surface area contributed by atoms with Crippen LogP contribution in [0, 0.1) is 0 Å². The Labute approximate surface area is 155 Å². The molecule has 0 aromatic heterocycles. The van der Waals surface area contributed by atoms with Crippen molar-refractivity contribution in [2.24, 2.45) is 0 Å². The average Bonchev–Trinajstić information content (AvgIpc) is 2.82. The molecule has 1 atom stereocenters. The zero-order valence-corrected chi connectivity index (χ0v) is 15.5. The van der Waals surface area contributed by atoms with E-state index in [1.54, 1.807) is 13.8 Å². The van der Waals surface area contributed by atoms with Crippen molar-refractivity contribution in [3.63, 3.8) is 0 Å². The average molecular weight is 353 g/mol. The van der Waals surface area contributed by atoms with Crippen molar-refractivity contribution in [1.29, 1.82) is 0 Å². The summed E-state index contributed by atoms with van der Waals surface area (Å²) in [5.74, 6) is -0.338. The van der Waals surface area contributed by atoms with E-state index >= 15 is 0 Å². The van der Waals surface area contributed by atoms with Gasteiger partial charge in [-0.15, -0.1) is 0 Å².